The monoisotopic (exact) mass is 239 g/mol. The normalized spacial score (nSPS) is 10.9. The van der Waals surface area contributed by atoms with Crippen molar-refractivity contribution in [2.24, 2.45) is 0 Å². The van der Waals surface area contributed by atoms with Crippen molar-refractivity contribution < 1.29 is 0 Å². The average Bonchev–Trinajstić information content (AvgIpc) is 2.80. The van der Waals surface area contributed by atoms with Crippen LogP contribution < -0.4 is 5.73 Å². The van der Waals surface area contributed by atoms with Crippen molar-refractivity contribution in [2.75, 3.05) is 5.73 Å². The lowest BCUT2D eigenvalue weighted by molar-refractivity contribution is 0.943. The van der Waals surface area contributed by atoms with E-state index in [-0.39, 0.29) is 0 Å². The fourth-order valence-corrected chi connectivity index (χ4v) is 2.03. The van der Waals surface area contributed by atoms with Crippen LogP contribution in [0.1, 0.15) is 12.5 Å². The van der Waals surface area contributed by atoms with Gasteiger partial charge in [-0.05, 0) is 24.1 Å². The van der Waals surface area contributed by atoms with E-state index >= 15 is 0 Å². The molecule has 5 heteroatoms. The van der Waals surface area contributed by atoms with Crippen LogP contribution >= 0.6 is 0 Å². The molecule has 0 atom stereocenters. The van der Waals surface area contributed by atoms with Crippen LogP contribution in [0.25, 0.3) is 16.9 Å². The standard InChI is InChI=1S/C13H13N5/c1-2-9-5-3-4-6-10(9)11-7-8-12-15-16-13(14)18(12)17-11/h3-8H,2H2,1H3,(H2,14,16). The van der Waals surface area contributed by atoms with E-state index in [1.54, 1.807) is 4.52 Å². The molecule has 3 rings (SSSR count). The van der Waals surface area contributed by atoms with Crippen LogP contribution in [0.5, 0.6) is 0 Å². The van der Waals surface area contributed by atoms with Crippen LogP contribution in [0.2, 0.25) is 0 Å². The minimum Gasteiger partial charge on any atom is -0.366 e. The summed E-state index contributed by atoms with van der Waals surface area (Å²) in [4.78, 5) is 0. The highest BCUT2D eigenvalue weighted by atomic mass is 15.4. The van der Waals surface area contributed by atoms with Crippen molar-refractivity contribution in [3.63, 3.8) is 0 Å². The Morgan fingerprint density at radius 2 is 1.94 bits per heavy atom. The highest BCUT2D eigenvalue weighted by Crippen LogP contribution is 2.22. The molecule has 0 fully saturated rings. The van der Waals surface area contributed by atoms with Gasteiger partial charge in [0, 0.05) is 5.56 Å². The van der Waals surface area contributed by atoms with Crippen molar-refractivity contribution in [3.05, 3.63) is 42.0 Å². The number of nitrogen functional groups attached to an aromatic ring is 1. The number of rotatable bonds is 2. The predicted octanol–water partition coefficient (Wildman–Crippen LogP) is 1.94. The van der Waals surface area contributed by atoms with Gasteiger partial charge in [0.15, 0.2) is 5.65 Å². The van der Waals surface area contributed by atoms with E-state index in [1.165, 1.54) is 5.56 Å². The van der Waals surface area contributed by atoms with Crippen molar-refractivity contribution in [2.45, 2.75) is 13.3 Å². The first-order chi connectivity index (χ1) is 8.79. The number of fused-ring (bicyclic) bond motifs is 1. The van der Waals surface area contributed by atoms with Gasteiger partial charge in [0.2, 0.25) is 5.95 Å². The van der Waals surface area contributed by atoms with Gasteiger partial charge in [0.25, 0.3) is 0 Å². The second-order valence-corrected chi connectivity index (χ2v) is 4.06. The molecule has 0 bridgehead atoms. The maximum atomic E-state index is 5.72. The largest absolute Gasteiger partial charge is 0.366 e. The SMILES string of the molecule is CCc1ccccc1-c1ccc2nnc(N)n2n1. The first-order valence-electron chi connectivity index (χ1n) is 5.86. The third-order valence-electron chi connectivity index (χ3n) is 2.96. The highest BCUT2D eigenvalue weighted by molar-refractivity contribution is 5.64. The van der Waals surface area contributed by atoms with Gasteiger partial charge < -0.3 is 5.73 Å². The summed E-state index contributed by atoms with van der Waals surface area (Å²) in [5.41, 5.74) is 9.64. The fraction of sp³-hybridized carbons (Fsp3) is 0.154. The van der Waals surface area contributed by atoms with E-state index in [9.17, 15) is 0 Å². The number of hydrogen-bond acceptors (Lipinski definition) is 4. The number of aromatic nitrogens is 4. The van der Waals surface area contributed by atoms with Crippen LogP contribution in [0, 0.1) is 0 Å². The summed E-state index contributed by atoms with van der Waals surface area (Å²) in [6, 6.07) is 12.0. The van der Waals surface area contributed by atoms with Crippen LogP contribution in [-0.2, 0) is 6.42 Å². The zero-order valence-corrected chi connectivity index (χ0v) is 10.0. The number of hydrogen-bond donors (Lipinski definition) is 1. The molecule has 0 amide bonds. The minimum atomic E-state index is 0.306. The number of nitrogens with zero attached hydrogens (tertiary/aromatic N) is 4. The van der Waals surface area contributed by atoms with Gasteiger partial charge >= 0.3 is 0 Å². The molecule has 90 valence electrons. The van der Waals surface area contributed by atoms with E-state index in [0.717, 1.165) is 17.7 Å². The summed E-state index contributed by atoms with van der Waals surface area (Å²) in [5.74, 6) is 0.306. The van der Waals surface area contributed by atoms with Crippen molar-refractivity contribution in [1.29, 1.82) is 0 Å². The Morgan fingerprint density at radius 3 is 2.78 bits per heavy atom. The third kappa shape index (κ3) is 1.60. The molecule has 0 radical (unpaired) electrons. The van der Waals surface area contributed by atoms with E-state index in [0.29, 0.717) is 11.6 Å². The van der Waals surface area contributed by atoms with E-state index in [2.05, 4.69) is 34.4 Å². The topological polar surface area (TPSA) is 69.1 Å². The molecule has 18 heavy (non-hydrogen) atoms. The molecule has 3 aromatic rings. The molecular formula is C13H13N5. The molecule has 1 aromatic carbocycles. The van der Waals surface area contributed by atoms with Crippen LogP contribution in [0.15, 0.2) is 36.4 Å². The summed E-state index contributed by atoms with van der Waals surface area (Å²) in [6.07, 6.45) is 0.966. The van der Waals surface area contributed by atoms with Gasteiger partial charge in [0.05, 0.1) is 5.69 Å². The Balaban J connectivity index is 2.21. The molecule has 2 heterocycles. The molecule has 5 nitrogen and oxygen atoms in total. The molecule has 0 unspecified atom stereocenters. The maximum Gasteiger partial charge on any atom is 0.243 e. The zero-order valence-electron chi connectivity index (χ0n) is 10.0. The molecule has 0 aliphatic heterocycles. The smallest absolute Gasteiger partial charge is 0.243 e. The van der Waals surface area contributed by atoms with Gasteiger partial charge in [-0.1, -0.05) is 31.2 Å². The summed E-state index contributed by atoms with van der Waals surface area (Å²) in [5, 5.41) is 12.2. The van der Waals surface area contributed by atoms with Crippen LogP contribution in [-0.4, -0.2) is 19.8 Å². The van der Waals surface area contributed by atoms with Crippen molar-refractivity contribution in [1.82, 2.24) is 19.8 Å². The first-order valence-corrected chi connectivity index (χ1v) is 5.86. The highest BCUT2D eigenvalue weighted by Gasteiger charge is 2.08. The Morgan fingerprint density at radius 1 is 1.11 bits per heavy atom. The second-order valence-electron chi connectivity index (χ2n) is 4.06. The van der Waals surface area contributed by atoms with Gasteiger partial charge in [0.1, 0.15) is 0 Å². The Hall–Kier alpha value is -2.43. The van der Waals surface area contributed by atoms with Crippen LogP contribution in [0.4, 0.5) is 5.95 Å². The fourth-order valence-electron chi connectivity index (χ4n) is 2.03. The van der Waals surface area contributed by atoms with Crippen molar-refractivity contribution in [3.8, 4) is 11.3 Å². The molecule has 0 aliphatic carbocycles. The second kappa shape index (κ2) is 4.10. The van der Waals surface area contributed by atoms with Crippen molar-refractivity contribution >= 4 is 11.6 Å². The molecule has 0 spiro atoms. The molecular weight excluding hydrogens is 226 g/mol. The Bertz CT molecular complexity index is 701. The maximum absolute atomic E-state index is 5.72. The quantitative estimate of drug-likeness (QED) is 0.742. The minimum absolute atomic E-state index is 0.306. The number of aryl methyl sites for hydroxylation is 1. The first kappa shape index (κ1) is 10.7. The van der Waals surface area contributed by atoms with Gasteiger partial charge in [-0.25, -0.2) is 0 Å². The summed E-state index contributed by atoms with van der Waals surface area (Å²) in [7, 11) is 0. The molecule has 2 aromatic heterocycles. The third-order valence-corrected chi connectivity index (χ3v) is 2.96. The number of nitrogens with two attached hydrogens (primary N) is 1. The van der Waals surface area contributed by atoms with Gasteiger partial charge in [-0.15, -0.1) is 10.2 Å². The van der Waals surface area contributed by atoms with E-state index in [4.69, 9.17) is 5.73 Å². The molecule has 0 aliphatic rings. The average molecular weight is 239 g/mol. The van der Waals surface area contributed by atoms with E-state index < -0.39 is 0 Å². The summed E-state index contributed by atoms with van der Waals surface area (Å²) >= 11 is 0. The lowest BCUT2D eigenvalue weighted by Crippen LogP contribution is -2.00. The summed E-state index contributed by atoms with van der Waals surface area (Å²) in [6.45, 7) is 2.13. The van der Waals surface area contributed by atoms with Gasteiger partial charge in [-0.2, -0.15) is 9.61 Å². The number of anilines is 1. The lowest BCUT2D eigenvalue weighted by atomic mass is 10.0. The van der Waals surface area contributed by atoms with Gasteiger partial charge in [-0.3, -0.25) is 0 Å². The molecule has 0 saturated heterocycles. The number of benzene rings is 1. The molecule has 2 N–H and O–H groups in total. The Labute approximate surface area is 104 Å². The summed E-state index contributed by atoms with van der Waals surface area (Å²) < 4.78 is 1.56. The lowest BCUT2D eigenvalue weighted by Gasteiger charge is -2.06. The van der Waals surface area contributed by atoms with E-state index in [1.807, 2.05) is 24.3 Å². The van der Waals surface area contributed by atoms with Crippen LogP contribution in [0.3, 0.4) is 0 Å². The molecule has 0 saturated carbocycles. The predicted molar refractivity (Wildman–Crippen MR) is 70.0 cm³/mol. The zero-order chi connectivity index (χ0) is 12.5. The Kier molecular flexibility index (Phi) is 2.44.